The van der Waals surface area contributed by atoms with Gasteiger partial charge in [-0.3, -0.25) is 9.69 Å². The third kappa shape index (κ3) is 4.57. The lowest BCUT2D eigenvalue weighted by Crippen LogP contribution is -2.45. The third-order valence-electron chi connectivity index (χ3n) is 6.46. The second-order valence-electron chi connectivity index (χ2n) is 8.82. The number of fused-ring (bicyclic) bond motifs is 2. The molecular weight excluding hydrogens is 450 g/mol. The number of anilines is 3. The first-order chi connectivity index (χ1) is 16.5. The topological polar surface area (TPSA) is 87.7 Å². The Morgan fingerprint density at radius 2 is 1.97 bits per heavy atom. The van der Waals surface area contributed by atoms with Gasteiger partial charge < -0.3 is 15.0 Å². The minimum Gasteiger partial charge on any atom is -0.446 e. The lowest BCUT2D eigenvalue weighted by Gasteiger charge is -2.36. The molecule has 3 aromatic rings. The summed E-state index contributed by atoms with van der Waals surface area (Å²) in [5.41, 5.74) is 3.52. The molecule has 1 aliphatic carbocycles. The standard InChI is InChI=1S/C25H29N5O3S/c1-3-29-11-12-30(25(32)33-19-7-5-4-6-8-19)21-13-18(15-26-23(21)29)17-9-10-20-22(14-17)34-24(28-20)27-16(2)31/h9-10,13-15,19H,3-8,11-12H2,1-2H3,(H,27,28,31). The van der Waals surface area contributed by atoms with Gasteiger partial charge >= 0.3 is 6.09 Å². The van der Waals surface area contributed by atoms with E-state index in [2.05, 4.69) is 22.1 Å². The number of ether oxygens (including phenoxy) is 1. The molecule has 2 amide bonds. The Morgan fingerprint density at radius 1 is 1.15 bits per heavy atom. The van der Waals surface area contributed by atoms with Crippen LogP contribution in [0.25, 0.3) is 21.3 Å². The van der Waals surface area contributed by atoms with Gasteiger partial charge in [0, 0.05) is 38.3 Å². The van der Waals surface area contributed by atoms with Crippen molar-refractivity contribution in [1.82, 2.24) is 9.97 Å². The molecule has 3 heterocycles. The van der Waals surface area contributed by atoms with Crippen molar-refractivity contribution in [3.63, 3.8) is 0 Å². The molecule has 178 valence electrons. The highest BCUT2D eigenvalue weighted by atomic mass is 32.1. The number of rotatable bonds is 4. The lowest BCUT2D eigenvalue weighted by molar-refractivity contribution is -0.114. The van der Waals surface area contributed by atoms with Crippen LogP contribution < -0.4 is 15.1 Å². The highest BCUT2D eigenvalue weighted by Gasteiger charge is 2.30. The molecule has 0 spiro atoms. The molecule has 1 saturated carbocycles. The Kier molecular flexibility index (Phi) is 6.36. The molecule has 0 radical (unpaired) electrons. The first-order valence-corrected chi connectivity index (χ1v) is 12.7. The maximum Gasteiger partial charge on any atom is 0.414 e. The molecule has 1 aromatic carbocycles. The van der Waals surface area contributed by atoms with E-state index in [1.807, 2.05) is 30.5 Å². The van der Waals surface area contributed by atoms with Gasteiger partial charge in [-0.05, 0) is 56.4 Å². The summed E-state index contributed by atoms with van der Waals surface area (Å²) in [6.07, 6.45) is 6.94. The maximum absolute atomic E-state index is 13.2. The van der Waals surface area contributed by atoms with Crippen molar-refractivity contribution >= 4 is 50.2 Å². The van der Waals surface area contributed by atoms with Crippen molar-refractivity contribution < 1.29 is 14.3 Å². The minimum absolute atomic E-state index is 0.0107. The number of carbonyl (C=O) groups excluding carboxylic acids is 2. The maximum atomic E-state index is 13.2. The molecule has 0 atom stereocenters. The quantitative estimate of drug-likeness (QED) is 0.537. The van der Waals surface area contributed by atoms with Gasteiger partial charge in [0.05, 0.1) is 15.9 Å². The van der Waals surface area contributed by atoms with E-state index >= 15 is 0 Å². The normalized spacial score (nSPS) is 16.4. The second kappa shape index (κ2) is 9.58. The molecule has 0 saturated heterocycles. The van der Waals surface area contributed by atoms with Crippen LogP contribution in [0.1, 0.15) is 46.0 Å². The molecule has 0 bridgehead atoms. The summed E-state index contributed by atoms with van der Waals surface area (Å²) in [6, 6.07) is 8.02. The van der Waals surface area contributed by atoms with Crippen LogP contribution in [0.2, 0.25) is 0 Å². The number of nitrogens with one attached hydrogen (secondary N) is 1. The number of pyridine rings is 1. The zero-order valence-electron chi connectivity index (χ0n) is 19.5. The van der Waals surface area contributed by atoms with E-state index in [1.54, 1.807) is 4.90 Å². The fraction of sp³-hybridized carbons (Fsp3) is 0.440. The number of hydrogen-bond acceptors (Lipinski definition) is 7. The summed E-state index contributed by atoms with van der Waals surface area (Å²) in [4.78, 5) is 37.7. The van der Waals surface area contributed by atoms with Crippen molar-refractivity contribution in [1.29, 1.82) is 0 Å². The fourth-order valence-electron chi connectivity index (χ4n) is 4.69. The monoisotopic (exact) mass is 479 g/mol. The Labute approximate surface area is 202 Å². The molecular formula is C25H29N5O3S. The summed E-state index contributed by atoms with van der Waals surface area (Å²) in [6.45, 7) is 5.70. The predicted octanol–water partition coefficient (Wildman–Crippen LogP) is 5.43. The van der Waals surface area contributed by atoms with Gasteiger partial charge in [0.15, 0.2) is 10.9 Å². The molecule has 8 nitrogen and oxygen atoms in total. The van der Waals surface area contributed by atoms with Gasteiger partial charge in [-0.15, -0.1) is 0 Å². The number of nitrogens with zero attached hydrogens (tertiary/aromatic N) is 4. The summed E-state index contributed by atoms with van der Waals surface area (Å²) < 4.78 is 6.87. The summed E-state index contributed by atoms with van der Waals surface area (Å²) in [5.74, 6) is 0.670. The molecule has 1 fully saturated rings. The van der Waals surface area contributed by atoms with E-state index < -0.39 is 0 Å². The van der Waals surface area contributed by atoms with Gasteiger partial charge in [-0.25, -0.2) is 14.8 Å². The Morgan fingerprint density at radius 3 is 2.74 bits per heavy atom. The largest absolute Gasteiger partial charge is 0.446 e. The van der Waals surface area contributed by atoms with Crippen molar-refractivity contribution in [2.45, 2.75) is 52.1 Å². The molecule has 1 aliphatic heterocycles. The Hall–Kier alpha value is -3.20. The molecule has 9 heteroatoms. The predicted molar refractivity (Wildman–Crippen MR) is 136 cm³/mol. The van der Waals surface area contributed by atoms with Crippen molar-refractivity contribution in [2.75, 3.05) is 34.8 Å². The number of carbonyl (C=O) groups is 2. The number of aromatic nitrogens is 2. The lowest BCUT2D eigenvalue weighted by atomic mass is 9.98. The first kappa shape index (κ1) is 22.6. The highest BCUT2D eigenvalue weighted by molar-refractivity contribution is 7.22. The summed E-state index contributed by atoms with van der Waals surface area (Å²) in [5, 5.41) is 3.33. The number of benzene rings is 1. The van der Waals surface area contributed by atoms with E-state index in [0.717, 1.165) is 71.6 Å². The smallest absolute Gasteiger partial charge is 0.414 e. The molecule has 0 unspecified atom stereocenters. The molecule has 1 N–H and O–H groups in total. The molecule has 5 rings (SSSR count). The van der Waals surface area contributed by atoms with Gasteiger partial charge in [-0.2, -0.15) is 0 Å². The van der Waals surface area contributed by atoms with Gasteiger partial charge in [0.2, 0.25) is 5.91 Å². The molecule has 2 aromatic heterocycles. The van der Waals surface area contributed by atoms with Crippen LogP contribution in [0.4, 0.5) is 21.4 Å². The van der Waals surface area contributed by atoms with Crippen molar-refractivity contribution in [2.24, 2.45) is 0 Å². The van der Waals surface area contributed by atoms with Crippen LogP contribution in [0.3, 0.4) is 0 Å². The van der Waals surface area contributed by atoms with E-state index in [-0.39, 0.29) is 18.1 Å². The highest BCUT2D eigenvalue weighted by Crippen LogP contribution is 2.37. The first-order valence-electron chi connectivity index (χ1n) is 11.9. The van der Waals surface area contributed by atoms with Crippen molar-refractivity contribution in [3.05, 3.63) is 30.5 Å². The zero-order chi connectivity index (χ0) is 23.7. The van der Waals surface area contributed by atoms with Crippen LogP contribution in [0.5, 0.6) is 0 Å². The number of hydrogen-bond donors (Lipinski definition) is 1. The van der Waals surface area contributed by atoms with Crippen LogP contribution in [0.15, 0.2) is 30.5 Å². The fourth-order valence-corrected chi connectivity index (χ4v) is 5.64. The van der Waals surface area contributed by atoms with Gasteiger partial charge in [-0.1, -0.05) is 23.8 Å². The van der Waals surface area contributed by atoms with E-state index in [9.17, 15) is 9.59 Å². The van der Waals surface area contributed by atoms with Crippen LogP contribution in [-0.2, 0) is 9.53 Å². The molecule has 2 aliphatic rings. The van der Waals surface area contributed by atoms with Crippen molar-refractivity contribution in [3.8, 4) is 11.1 Å². The number of thiazole rings is 1. The van der Waals surface area contributed by atoms with Gasteiger partial charge in [0.1, 0.15) is 6.10 Å². The third-order valence-corrected chi connectivity index (χ3v) is 7.39. The second-order valence-corrected chi connectivity index (χ2v) is 9.86. The Bertz CT molecular complexity index is 1220. The van der Waals surface area contributed by atoms with E-state index in [4.69, 9.17) is 9.72 Å². The van der Waals surface area contributed by atoms with E-state index in [0.29, 0.717) is 11.7 Å². The number of likely N-dealkylation sites (N-methyl/N-ethyl adjacent to an activating group) is 1. The van der Waals surface area contributed by atoms with Crippen LogP contribution in [0, 0.1) is 0 Å². The van der Waals surface area contributed by atoms with E-state index in [1.165, 1.54) is 24.7 Å². The number of amides is 2. The van der Waals surface area contributed by atoms with Crippen LogP contribution in [-0.4, -0.2) is 47.7 Å². The van der Waals surface area contributed by atoms with Crippen LogP contribution >= 0.6 is 11.3 Å². The molecule has 34 heavy (non-hydrogen) atoms. The average molecular weight is 480 g/mol. The SMILES string of the molecule is CCN1CCN(C(=O)OC2CCCCC2)c2cc(-c3ccc4nc(NC(C)=O)sc4c3)cnc21. The zero-order valence-corrected chi connectivity index (χ0v) is 20.4. The average Bonchev–Trinajstić information content (AvgIpc) is 3.24. The van der Waals surface area contributed by atoms with Gasteiger partial charge in [0.25, 0.3) is 0 Å². The summed E-state index contributed by atoms with van der Waals surface area (Å²) >= 11 is 1.44. The summed E-state index contributed by atoms with van der Waals surface area (Å²) in [7, 11) is 0. The minimum atomic E-state index is -0.277. The Balaban J connectivity index is 1.46.